The molecule has 5 aliphatic rings. The Morgan fingerprint density at radius 1 is 1.03 bits per heavy atom. The number of allylic oxidation sites excluding steroid dienone is 2. The lowest BCUT2D eigenvalue weighted by atomic mass is 9.63. The lowest BCUT2D eigenvalue weighted by Crippen LogP contribution is -2.40. The van der Waals surface area contributed by atoms with E-state index >= 15 is 0 Å². The summed E-state index contributed by atoms with van der Waals surface area (Å²) in [6.45, 7) is 0.307. The van der Waals surface area contributed by atoms with Gasteiger partial charge in [0.1, 0.15) is 6.61 Å². The molecule has 6 nitrogen and oxygen atoms in total. The summed E-state index contributed by atoms with van der Waals surface area (Å²) < 4.78 is 11.4. The Hall–Kier alpha value is -3.12. The van der Waals surface area contributed by atoms with E-state index < -0.39 is 0 Å². The molecule has 0 unspecified atom stereocenters. The van der Waals surface area contributed by atoms with Crippen molar-refractivity contribution in [3.8, 4) is 11.5 Å². The van der Waals surface area contributed by atoms with Gasteiger partial charge in [0.05, 0.1) is 25.2 Å². The molecule has 2 saturated carbocycles. The lowest BCUT2D eigenvalue weighted by Gasteiger charge is -2.37. The van der Waals surface area contributed by atoms with Crippen LogP contribution >= 0.6 is 11.6 Å². The zero-order valence-electron chi connectivity index (χ0n) is 18.1. The average Bonchev–Trinajstić information content (AvgIpc) is 3.62. The molecule has 0 radical (unpaired) electrons. The summed E-state index contributed by atoms with van der Waals surface area (Å²) in [4.78, 5) is 26.1. The summed E-state index contributed by atoms with van der Waals surface area (Å²) in [6, 6.07) is 12.9. The van der Waals surface area contributed by atoms with Gasteiger partial charge in [-0.25, -0.2) is 0 Å². The standard InChI is InChI=1S/C26H23ClN2O4/c1-32-22-10-14(6-9-21(22)33-13-15-4-2-3-5-20(15)27)12-28-29-25(30)23-16-7-8-17(19-11-18(16)19)24(23)26(29)31/h2-10,12,16-19,23-24H,11,13H2,1H3/b28-12-/t16-,17-,18-,19+,23+,24+/m1/s1. The van der Waals surface area contributed by atoms with Crippen molar-refractivity contribution in [2.75, 3.05) is 7.11 Å². The Labute approximate surface area is 196 Å². The van der Waals surface area contributed by atoms with Crippen LogP contribution in [0.1, 0.15) is 17.5 Å². The molecule has 1 aliphatic heterocycles. The van der Waals surface area contributed by atoms with Crippen molar-refractivity contribution in [3.05, 3.63) is 70.8 Å². The molecular weight excluding hydrogens is 440 g/mol. The minimum Gasteiger partial charge on any atom is -0.493 e. The number of benzene rings is 2. The predicted octanol–water partition coefficient (Wildman–Crippen LogP) is 4.31. The number of hydrazone groups is 1. The summed E-state index contributed by atoms with van der Waals surface area (Å²) in [5.41, 5.74) is 1.58. The quantitative estimate of drug-likeness (QED) is 0.364. The third-order valence-electron chi connectivity index (χ3n) is 7.49. The molecule has 2 aromatic rings. The second kappa shape index (κ2) is 7.73. The minimum atomic E-state index is -0.247. The van der Waals surface area contributed by atoms with Crippen LogP contribution in [0.3, 0.4) is 0 Å². The maximum absolute atomic E-state index is 13.1. The fraction of sp³-hybridized carbons (Fsp3) is 0.346. The molecule has 6 atom stereocenters. The van der Waals surface area contributed by atoms with Gasteiger partial charge in [-0.15, -0.1) is 0 Å². The number of ether oxygens (including phenoxy) is 2. The Bertz CT molecular complexity index is 1170. The lowest BCUT2D eigenvalue weighted by molar-refractivity contribution is -0.140. The van der Waals surface area contributed by atoms with Crippen LogP contribution in [-0.4, -0.2) is 30.1 Å². The molecule has 7 rings (SSSR count). The van der Waals surface area contributed by atoms with Crippen molar-refractivity contribution in [1.29, 1.82) is 0 Å². The number of methoxy groups -OCH3 is 1. The van der Waals surface area contributed by atoms with E-state index in [4.69, 9.17) is 21.1 Å². The average molecular weight is 463 g/mol. The summed E-state index contributed by atoms with van der Waals surface area (Å²) in [5, 5.41) is 6.02. The van der Waals surface area contributed by atoms with Crippen molar-refractivity contribution in [1.82, 2.24) is 5.01 Å². The Balaban J connectivity index is 1.18. The molecule has 33 heavy (non-hydrogen) atoms. The highest BCUT2D eigenvalue weighted by Crippen LogP contribution is 2.65. The molecule has 0 aromatic heterocycles. The largest absolute Gasteiger partial charge is 0.493 e. The molecule has 2 amide bonds. The molecule has 0 N–H and O–H groups in total. The van der Waals surface area contributed by atoms with Gasteiger partial charge < -0.3 is 9.47 Å². The van der Waals surface area contributed by atoms with E-state index in [-0.39, 0.29) is 35.5 Å². The van der Waals surface area contributed by atoms with E-state index in [1.54, 1.807) is 19.2 Å². The van der Waals surface area contributed by atoms with Crippen LogP contribution in [0, 0.1) is 35.5 Å². The molecule has 2 aromatic carbocycles. The van der Waals surface area contributed by atoms with Gasteiger partial charge >= 0.3 is 0 Å². The van der Waals surface area contributed by atoms with Gasteiger partial charge in [-0.1, -0.05) is 42.0 Å². The number of hydrogen-bond donors (Lipinski definition) is 0. The van der Waals surface area contributed by atoms with E-state index in [2.05, 4.69) is 17.3 Å². The molecule has 0 spiro atoms. The topological polar surface area (TPSA) is 68.2 Å². The first-order chi connectivity index (χ1) is 16.1. The van der Waals surface area contributed by atoms with Crippen LogP contribution in [0.2, 0.25) is 5.02 Å². The van der Waals surface area contributed by atoms with Gasteiger partial charge in [0.25, 0.3) is 11.8 Å². The second-order valence-corrected chi connectivity index (χ2v) is 9.59. The zero-order chi connectivity index (χ0) is 22.7. The molecular formula is C26H23ClN2O4. The smallest absolute Gasteiger partial charge is 0.254 e. The summed E-state index contributed by atoms with van der Waals surface area (Å²) in [5.74, 6) is 1.79. The van der Waals surface area contributed by atoms with Crippen molar-refractivity contribution < 1.29 is 19.1 Å². The molecule has 3 fully saturated rings. The second-order valence-electron chi connectivity index (χ2n) is 9.18. The summed E-state index contributed by atoms with van der Waals surface area (Å²) in [7, 11) is 1.56. The van der Waals surface area contributed by atoms with Gasteiger partial charge in [0.15, 0.2) is 11.5 Å². The molecule has 2 bridgehead atoms. The van der Waals surface area contributed by atoms with Gasteiger partial charge in [-0.05, 0) is 59.9 Å². The van der Waals surface area contributed by atoms with Crippen LogP contribution in [0.4, 0.5) is 0 Å². The summed E-state index contributed by atoms with van der Waals surface area (Å²) in [6.07, 6.45) is 6.99. The molecule has 7 heteroatoms. The van der Waals surface area contributed by atoms with E-state index in [9.17, 15) is 9.59 Å². The number of carbonyl (C=O) groups is 2. The first-order valence-corrected chi connectivity index (χ1v) is 11.6. The van der Waals surface area contributed by atoms with E-state index in [1.165, 1.54) is 6.21 Å². The Morgan fingerprint density at radius 3 is 2.39 bits per heavy atom. The Morgan fingerprint density at radius 2 is 1.73 bits per heavy atom. The maximum Gasteiger partial charge on any atom is 0.254 e. The monoisotopic (exact) mass is 462 g/mol. The molecule has 4 aliphatic carbocycles. The molecule has 1 heterocycles. The predicted molar refractivity (Wildman–Crippen MR) is 123 cm³/mol. The molecule has 168 valence electrons. The van der Waals surface area contributed by atoms with Crippen molar-refractivity contribution >= 4 is 29.6 Å². The number of hydrogen-bond acceptors (Lipinski definition) is 5. The number of nitrogens with zero attached hydrogens (tertiary/aromatic N) is 2. The van der Waals surface area contributed by atoms with Gasteiger partial charge in [-0.3, -0.25) is 9.59 Å². The third kappa shape index (κ3) is 3.27. The fourth-order valence-corrected chi connectivity index (χ4v) is 6.02. The minimum absolute atomic E-state index is 0.169. The van der Waals surface area contributed by atoms with Crippen LogP contribution < -0.4 is 9.47 Å². The molecule has 1 saturated heterocycles. The highest BCUT2D eigenvalue weighted by atomic mass is 35.5. The van der Waals surface area contributed by atoms with Crippen molar-refractivity contribution in [3.63, 3.8) is 0 Å². The third-order valence-corrected chi connectivity index (χ3v) is 7.86. The number of halogens is 1. The van der Waals surface area contributed by atoms with Crippen molar-refractivity contribution in [2.24, 2.45) is 40.6 Å². The number of amides is 2. The number of rotatable bonds is 6. The van der Waals surface area contributed by atoms with Crippen LogP contribution in [0.15, 0.2) is 59.7 Å². The summed E-state index contributed by atoms with van der Waals surface area (Å²) >= 11 is 6.20. The first kappa shape index (κ1) is 20.5. The van der Waals surface area contributed by atoms with E-state index in [0.717, 1.165) is 17.0 Å². The van der Waals surface area contributed by atoms with Crippen LogP contribution in [0.5, 0.6) is 11.5 Å². The van der Waals surface area contributed by atoms with Gasteiger partial charge in [0.2, 0.25) is 0 Å². The zero-order valence-corrected chi connectivity index (χ0v) is 18.8. The SMILES string of the molecule is COc1cc(/C=N\N2C(=O)[C@H]3[C@@H]4C=C[C@H]([C@@H]5C[C@H]45)[C@@H]3C2=O)ccc1OCc1ccccc1Cl. The van der Waals surface area contributed by atoms with Gasteiger partial charge in [-0.2, -0.15) is 10.1 Å². The number of carbonyl (C=O) groups excluding carboxylic acids is 2. The van der Waals surface area contributed by atoms with Crippen molar-refractivity contribution in [2.45, 2.75) is 13.0 Å². The number of imide groups is 1. The fourth-order valence-electron chi connectivity index (χ4n) is 5.83. The van der Waals surface area contributed by atoms with E-state index in [1.807, 2.05) is 30.3 Å². The van der Waals surface area contributed by atoms with Crippen LogP contribution in [-0.2, 0) is 16.2 Å². The first-order valence-electron chi connectivity index (χ1n) is 11.2. The highest BCUT2D eigenvalue weighted by molar-refractivity contribution is 6.31. The van der Waals surface area contributed by atoms with Crippen LogP contribution in [0.25, 0.3) is 0 Å². The Kier molecular flexibility index (Phi) is 4.80. The normalized spacial score (nSPS) is 31.2. The van der Waals surface area contributed by atoms with E-state index in [0.29, 0.717) is 40.5 Å². The highest BCUT2D eigenvalue weighted by Gasteiger charge is 2.67. The maximum atomic E-state index is 13.1. The van der Waals surface area contributed by atoms with Gasteiger partial charge in [0, 0.05) is 10.6 Å².